The second kappa shape index (κ2) is 8.08. The Morgan fingerprint density at radius 1 is 1.06 bits per heavy atom. The van der Waals surface area contributed by atoms with Gasteiger partial charge in [0.2, 0.25) is 5.88 Å². The van der Waals surface area contributed by atoms with Crippen LogP contribution in [0.4, 0.5) is 23.4 Å². The summed E-state index contributed by atoms with van der Waals surface area (Å²) >= 11 is 5.89. The van der Waals surface area contributed by atoms with Crippen LogP contribution in [0.1, 0.15) is 11.1 Å². The van der Waals surface area contributed by atoms with E-state index in [4.69, 9.17) is 11.6 Å². The third kappa shape index (κ3) is 3.82. The Bertz CT molecular complexity index is 1430. The fourth-order valence-electron chi connectivity index (χ4n) is 3.15. The zero-order valence-electron chi connectivity index (χ0n) is 15.9. The van der Waals surface area contributed by atoms with E-state index in [1.54, 1.807) is 18.2 Å². The zero-order valence-corrected chi connectivity index (χ0v) is 16.7. The smallest absolute Gasteiger partial charge is 0.417 e. The predicted octanol–water partition coefficient (Wildman–Crippen LogP) is 5.65. The number of nitrogens with zero attached hydrogens (tertiary/aromatic N) is 3. The molecule has 162 valence electrons. The average molecular weight is 462 g/mol. The summed E-state index contributed by atoms with van der Waals surface area (Å²) in [5, 5.41) is 11.0. The molecule has 0 radical (unpaired) electrons. The Kier molecular flexibility index (Phi) is 5.43. The van der Waals surface area contributed by atoms with E-state index in [0.29, 0.717) is 17.6 Å². The van der Waals surface area contributed by atoms with Crippen molar-refractivity contribution in [2.45, 2.75) is 6.18 Å². The summed E-state index contributed by atoms with van der Waals surface area (Å²) in [5.74, 6) is -1.58. The molecular weight excluding hydrogens is 450 g/mol. The van der Waals surface area contributed by atoms with E-state index in [9.17, 15) is 27.5 Å². The number of alkyl halides is 3. The number of halogens is 5. The molecule has 2 aromatic carbocycles. The van der Waals surface area contributed by atoms with Crippen molar-refractivity contribution in [2.75, 3.05) is 0 Å². The molecule has 0 fully saturated rings. The molecule has 0 amide bonds. The van der Waals surface area contributed by atoms with E-state index >= 15 is 0 Å². The van der Waals surface area contributed by atoms with Gasteiger partial charge >= 0.3 is 6.18 Å². The highest BCUT2D eigenvalue weighted by Crippen LogP contribution is 2.33. The second-order valence-corrected chi connectivity index (χ2v) is 7.07. The van der Waals surface area contributed by atoms with Crippen LogP contribution in [0.25, 0.3) is 16.5 Å². The molecule has 0 saturated carbocycles. The molecule has 4 rings (SSSR count). The first-order valence-electron chi connectivity index (χ1n) is 9.07. The van der Waals surface area contributed by atoms with Crippen molar-refractivity contribution in [2.24, 2.45) is 4.99 Å². The fraction of sp³-hybridized carbons (Fsp3) is 0.0455. The quantitative estimate of drug-likeness (QED) is 0.316. The first-order valence-corrected chi connectivity index (χ1v) is 9.44. The van der Waals surface area contributed by atoms with Gasteiger partial charge in [0.1, 0.15) is 5.82 Å². The summed E-state index contributed by atoms with van der Waals surface area (Å²) in [6.45, 7) is 0. The van der Waals surface area contributed by atoms with Gasteiger partial charge in [0, 0.05) is 23.2 Å². The van der Waals surface area contributed by atoms with Crippen molar-refractivity contribution in [3.63, 3.8) is 0 Å². The van der Waals surface area contributed by atoms with Gasteiger partial charge in [-0.25, -0.2) is 18.9 Å². The van der Waals surface area contributed by atoms with Gasteiger partial charge in [0.15, 0.2) is 5.82 Å². The lowest BCUT2D eigenvalue weighted by atomic mass is 10.1. The van der Waals surface area contributed by atoms with Gasteiger partial charge in [0.25, 0.3) is 5.56 Å². The second-order valence-electron chi connectivity index (χ2n) is 6.66. The van der Waals surface area contributed by atoms with E-state index in [0.717, 1.165) is 16.8 Å². The van der Waals surface area contributed by atoms with Gasteiger partial charge in [-0.1, -0.05) is 41.9 Å². The highest BCUT2D eigenvalue weighted by Gasteiger charge is 2.31. The molecule has 2 aromatic heterocycles. The van der Waals surface area contributed by atoms with Crippen LogP contribution in [0.3, 0.4) is 0 Å². The number of pyridine rings is 2. The Labute approximate surface area is 182 Å². The lowest BCUT2D eigenvalue weighted by molar-refractivity contribution is -0.137. The number of benzene rings is 2. The van der Waals surface area contributed by atoms with E-state index in [-0.39, 0.29) is 27.5 Å². The Morgan fingerprint density at radius 3 is 2.38 bits per heavy atom. The van der Waals surface area contributed by atoms with Crippen LogP contribution in [0.5, 0.6) is 5.88 Å². The Hall–Kier alpha value is -3.72. The van der Waals surface area contributed by atoms with Crippen molar-refractivity contribution in [1.29, 1.82) is 0 Å². The first-order chi connectivity index (χ1) is 15.2. The van der Waals surface area contributed by atoms with E-state index < -0.39 is 29.0 Å². The molecule has 0 spiro atoms. The molecule has 32 heavy (non-hydrogen) atoms. The van der Waals surface area contributed by atoms with Gasteiger partial charge in [-0.15, -0.1) is 0 Å². The van der Waals surface area contributed by atoms with Crippen LogP contribution in [0.2, 0.25) is 5.02 Å². The lowest BCUT2D eigenvalue weighted by Gasteiger charge is -2.14. The molecule has 0 aliphatic heterocycles. The maximum atomic E-state index is 14.4. The van der Waals surface area contributed by atoms with Crippen LogP contribution in [0.15, 0.2) is 70.6 Å². The minimum atomic E-state index is -4.62. The molecule has 4 aromatic rings. The summed E-state index contributed by atoms with van der Waals surface area (Å²) < 4.78 is 53.6. The molecular formula is C22H12ClF4N3O2. The zero-order chi connectivity index (χ0) is 23.0. The monoisotopic (exact) mass is 461 g/mol. The SMILES string of the molecule is O=c1c2ccccc2c(/C=N/c2ncc(C(F)(F)F)cc2Cl)c(O)n1-c1ccccc1F. The molecule has 0 aliphatic rings. The van der Waals surface area contributed by atoms with Crippen molar-refractivity contribution in [3.05, 3.63) is 93.1 Å². The number of hydrogen-bond acceptors (Lipinski definition) is 4. The Morgan fingerprint density at radius 2 is 1.72 bits per heavy atom. The van der Waals surface area contributed by atoms with Gasteiger partial charge in [-0.05, 0) is 24.3 Å². The van der Waals surface area contributed by atoms with Gasteiger partial charge in [-0.3, -0.25) is 4.79 Å². The molecule has 0 bridgehead atoms. The lowest BCUT2D eigenvalue weighted by Crippen LogP contribution is -2.21. The van der Waals surface area contributed by atoms with Crippen LogP contribution in [0, 0.1) is 5.82 Å². The van der Waals surface area contributed by atoms with Gasteiger partial charge in [0.05, 0.1) is 21.8 Å². The van der Waals surface area contributed by atoms with Crippen molar-refractivity contribution in [3.8, 4) is 11.6 Å². The van der Waals surface area contributed by atoms with Crippen molar-refractivity contribution >= 4 is 34.4 Å². The number of hydrogen-bond donors (Lipinski definition) is 1. The first kappa shape index (κ1) is 21.5. The van der Waals surface area contributed by atoms with Crippen molar-refractivity contribution in [1.82, 2.24) is 9.55 Å². The summed E-state index contributed by atoms with van der Waals surface area (Å²) in [4.78, 5) is 20.6. The number of aliphatic imine (C=N–C) groups is 1. The maximum absolute atomic E-state index is 14.4. The third-order valence-electron chi connectivity index (χ3n) is 4.66. The van der Waals surface area contributed by atoms with Crippen LogP contribution >= 0.6 is 11.6 Å². The molecule has 5 nitrogen and oxygen atoms in total. The van der Waals surface area contributed by atoms with Crippen LogP contribution in [-0.2, 0) is 6.18 Å². The van der Waals surface area contributed by atoms with Crippen LogP contribution < -0.4 is 5.56 Å². The predicted molar refractivity (Wildman–Crippen MR) is 113 cm³/mol. The van der Waals surface area contributed by atoms with Gasteiger partial charge < -0.3 is 5.11 Å². The highest BCUT2D eigenvalue weighted by atomic mass is 35.5. The molecule has 2 heterocycles. The number of aromatic hydroxyl groups is 1. The average Bonchev–Trinajstić information content (AvgIpc) is 2.75. The number of aromatic nitrogens is 2. The summed E-state index contributed by atoms with van der Waals surface area (Å²) in [6, 6.07) is 12.3. The van der Waals surface area contributed by atoms with Crippen molar-refractivity contribution < 1.29 is 22.7 Å². The van der Waals surface area contributed by atoms with E-state index in [1.165, 1.54) is 24.3 Å². The van der Waals surface area contributed by atoms with E-state index in [1.807, 2.05) is 0 Å². The minimum Gasteiger partial charge on any atom is -0.494 e. The largest absolute Gasteiger partial charge is 0.494 e. The standard InChI is InChI=1S/C22H12ClF4N3O2/c23-16-9-12(22(25,26)27)10-28-19(16)29-11-15-13-5-1-2-6-14(13)20(31)30(21(15)32)18-8-4-3-7-17(18)24/h1-11,32H/b29-11+. The van der Waals surface area contributed by atoms with Crippen LogP contribution in [-0.4, -0.2) is 20.9 Å². The molecule has 0 saturated heterocycles. The maximum Gasteiger partial charge on any atom is 0.417 e. The third-order valence-corrected chi connectivity index (χ3v) is 4.94. The number of para-hydroxylation sites is 1. The topological polar surface area (TPSA) is 67.5 Å². The highest BCUT2D eigenvalue weighted by molar-refractivity contribution is 6.32. The number of rotatable bonds is 3. The number of fused-ring (bicyclic) bond motifs is 1. The molecule has 0 unspecified atom stereocenters. The molecule has 1 N–H and O–H groups in total. The molecule has 10 heteroatoms. The molecule has 0 atom stereocenters. The summed E-state index contributed by atoms with van der Waals surface area (Å²) in [6.07, 6.45) is -2.94. The normalized spacial score (nSPS) is 12.0. The summed E-state index contributed by atoms with van der Waals surface area (Å²) in [5.41, 5.74) is -1.85. The van der Waals surface area contributed by atoms with E-state index in [2.05, 4.69) is 9.98 Å². The fourth-order valence-corrected chi connectivity index (χ4v) is 3.37. The summed E-state index contributed by atoms with van der Waals surface area (Å²) in [7, 11) is 0. The minimum absolute atomic E-state index is 0.0289. The van der Waals surface area contributed by atoms with Gasteiger partial charge in [-0.2, -0.15) is 13.2 Å². The Balaban J connectivity index is 1.92. The molecule has 0 aliphatic carbocycles.